The van der Waals surface area contributed by atoms with Crippen molar-refractivity contribution in [1.82, 2.24) is 5.32 Å². The Morgan fingerprint density at radius 2 is 1.77 bits per heavy atom. The summed E-state index contributed by atoms with van der Waals surface area (Å²) in [5, 5.41) is 3.85. The third kappa shape index (κ3) is 6.05. The van der Waals surface area contributed by atoms with Gasteiger partial charge in [-0.25, -0.2) is 8.42 Å². The highest BCUT2D eigenvalue weighted by atomic mass is 35.5. The smallest absolute Gasteiger partial charge is 0.260 e. The van der Waals surface area contributed by atoms with Gasteiger partial charge in [0.25, 0.3) is 5.91 Å². The molecule has 1 aliphatic rings. The van der Waals surface area contributed by atoms with Gasteiger partial charge in [-0.2, -0.15) is 0 Å². The zero-order valence-corrected chi connectivity index (χ0v) is 19.8. The van der Waals surface area contributed by atoms with Crippen LogP contribution in [0, 0.1) is 0 Å². The van der Waals surface area contributed by atoms with E-state index in [2.05, 4.69) is 10.2 Å². The summed E-state index contributed by atoms with van der Waals surface area (Å²) in [5.74, 6) is 0.393. The molecule has 0 radical (unpaired) electrons. The lowest BCUT2D eigenvalue weighted by Gasteiger charge is -2.34. The fourth-order valence-corrected chi connectivity index (χ4v) is 4.61. The fraction of sp³-hybridized carbons (Fsp3) is 0.409. The number of hydrogen-bond acceptors (Lipinski definition) is 5. The molecule has 168 valence electrons. The molecule has 1 atom stereocenters. The summed E-state index contributed by atoms with van der Waals surface area (Å²) in [7, 11) is -3.20. The molecule has 2 aromatic carbocycles. The van der Waals surface area contributed by atoms with Crippen LogP contribution in [0.4, 0.5) is 5.69 Å². The summed E-state index contributed by atoms with van der Waals surface area (Å²) in [6, 6.07) is 11.9. The molecule has 0 saturated carbocycles. The number of anilines is 1. The van der Waals surface area contributed by atoms with Crippen LogP contribution in [0.25, 0.3) is 0 Å². The van der Waals surface area contributed by atoms with Gasteiger partial charge in [0, 0.05) is 30.9 Å². The summed E-state index contributed by atoms with van der Waals surface area (Å²) in [4.78, 5) is 15.1. The van der Waals surface area contributed by atoms with Gasteiger partial charge in [0.2, 0.25) is 0 Å². The first-order valence-corrected chi connectivity index (χ1v) is 12.6. The maximum absolute atomic E-state index is 12.5. The van der Waals surface area contributed by atoms with E-state index < -0.39 is 15.9 Å². The number of halogens is 2. The minimum atomic E-state index is -3.20. The molecule has 0 spiro atoms. The molecule has 0 aliphatic carbocycles. The number of sulfone groups is 1. The molecule has 6 nitrogen and oxygen atoms in total. The Morgan fingerprint density at radius 3 is 2.35 bits per heavy atom. The monoisotopic (exact) mass is 484 g/mol. The van der Waals surface area contributed by atoms with E-state index in [1.165, 1.54) is 0 Å². The number of amides is 1. The van der Waals surface area contributed by atoms with Gasteiger partial charge in [-0.3, -0.25) is 4.79 Å². The molecule has 1 heterocycles. The van der Waals surface area contributed by atoms with Crippen LogP contribution in [0.2, 0.25) is 10.0 Å². The number of ether oxygens (including phenoxy) is 1. The molecule has 31 heavy (non-hydrogen) atoms. The highest BCUT2D eigenvalue weighted by Crippen LogP contribution is 2.27. The number of carbonyl (C=O) groups excluding carboxylic acids is 1. The Morgan fingerprint density at radius 1 is 1.13 bits per heavy atom. The Kier molecular flexibility index (Phi) is 7.73. The fourth-order valence-electron chi connectivity index (χ4n) is 3.44. The van der Waals surface area contributed by atoms with E-state index in [4.69, 9.17) is 27.9 Å². The first kappa shape index (κ1) is 23.7. The van der Waals surface area contributed by atoms with E-state index in [1.54, 1.807) is 44.2 Å². The summed E-state index contributed by atoms with van der Waals surface area (Å²) in [6.45, 7) is 4.87. The van der Waals surface area contributed by atoms with Gasteiger partial charge >= 0.3 is 0 Å². The lowest BCUT2D eigenvalue weighted by molar-refractivity contribution is -0.128. The predicted molar refractivity (Wildman–Crippen MR) is 124 cm³/mol. The van der Waals surface area contributed by atoms with E-state index in [0.29, 0.717) is 20.7 Å². The molecule has 1 unspecified atom stereocenters. The number of benzene rings is 2. The van der Waals surface area contributed by atoms with Crippen molar-refractivity contribution >= 4 is 44.6 Å². The number of piperidine rings is 1. The normalized spacial score (nSPS) is 16.1. The van der Waals surface area contributed by atoms with E-state index in [1.807, 2.05) is 12.1 Å². The molecule has 9 heteroatoms. The van der Waals surface area contributed by atoms with Crippen LogP contribution in [0.5, 0.6) is 5.75 Å². The molecular weight excluding hydrogens is 459 g/mol. The van der Waals surface area contributed by atoms with E-state index >= 15 is 0 Å². The standard InChI is InChI=1S/C22H26Cl2N2O4S/c1-3-31(28,29)19-7-4-17(5-8-19)26-12-10-16(11-13-26)25-22(27)15(2)30-18-6-9-20(23)21(24)14-18/h4-9,14-16H,3,10-13H2,1-2H3,(H,25,27). The lowest BCUT2D eigenvalue weighted by atomic mass is 10.0. The van der Waals surface area contributed by atoms with Gasteiger partial charge < -0.3 is 15.0 Å². The average Bonchev–Trinajstić information content (AvgIpc) is 2.77. The predicted octanol–water partition coefficient (Wildman–Crippen LogP) is 4.34. The first-order chi connectivity index (χ1) is 14.7. The molecule has 3 rings (SSSR count). The van der Waals surface area contributed by atoms with Crippen molar-refractivity contribution < 1.29 is 17.9 Å². The Balaban J connectivity index is 1.50. The van der Waals surface area contributed by atoms with Crippen LogP contribution in [-0.4, -0.2) is 45.3 Å². The second-order valence-electron chi connectivity index (χ2n) is 7.50. The molecule has 1 aliphatic heterocycles. The van der Waals surface area contributed by atoms with Gasteiger partial charge in [-0.15, -0.1) is 0 Å². The van der Waals surface area contributed by atoms with Crippen molar-refractivity contribution in [3.63, 3.8) is 0 Å². The number of nitrogens with zero attached hydrogens (tertiary/aromatic N) is 1. The molecule has 1 amide bonds. The van der Waals surface area contributed by atoms with Crippen LogP contribution < -0.4 is 15.0 Å². The zero-order chi connectivity index (χ0) is 22.6. The van der Waals surface area contributed by atoms with Crippen LogP contribution in [0.3, 0.4) is 0 Å². The Labute approximate surface area is 193 Å². The van der Waals surface area contributed by atoms with Gasteiger partial charge in [-0.05, 0) is 56.2 Å². The molecule has 1 fully saturated rings. The summed E-state index contributed by atoms with van der Waals surface area (Å²) in [5.41, 5.74) is 0.983. The molecule has 1 N–H and O–H groups in total. The molecule has 1 saturated heterocycles. The third-order valence-electron chi connectivity index (χ3n) is 5.36. The Hall–Kier alpha value is -1.96. The third-order valence-corrected chi connectivity index (χ3v) is 7.85. The van der Waals surface area contributed by atoms with Crippen LogP contribution >= 0.6 is 23.2 Å². The van der Waals surface area contributed by atoms with Crippen molar-refractivity contribution in [2.45, 2.75) is 43.7 Å². The summed E-state index contributed by atoms with van der Waals surface area (Å²) < 4.78 is 29.6. The highest BCUT2D eigenvalue weighted by Gasteiger charge is 2.24. The van der Waals surface area contributed by atoms with Gasteiger partial charge in [-0.1, -0.05) is 30.1 Å². The van der Waals surface area contributed by atoms with E-state index in [9.17, 15) is 13.2 Å². The quantitative estimate of drug-likeness (QED) is 0.632. The second kappa shape index (κ2) is 10.1. The molecule has 2 aromatic rings. The van der Waals surface area contributed by atoms with Gasteiger partial charge in [0.1, 0.15) is 5.75 Å². The largest absolute Gasteiger partial charge is 0.481 e. The summed E-state index contributed by atoms with van der Waals surface area (Å²) in [6.07, 6.45) is 0.920. The van der Waals surface area contributed by atoms with E-state index in [0.717, 1.165) is 31.6 Å². The number of rotatable bonds is 7. The summed E-state index contributed by atoms with van der Waals surface area (Å²) >= 11 is 11.9. The zero-order valence-electron chi connectivity index (χ0n) is 17.5. The van der Waals surface area contributed by atoms with Crippen LogP contribution in [0.15, 0.2) is 47.4 Å². The van der Waals surface area contributed by atoms with Crippen molar-refractivity contribution in [2.24, 2.45) is 0 Å². The maximum atomic E-state index is 12.5. The molecular formula is C22H26Cl2N2O4S. The number of carbonyl (C=O) groups is 1. The van der Waals surface area contributed by atoms with E-state index in [-0.39, 0.29) is 17.7 Å². The number of nitrogens with one attached hydrogen (secondary N) is 1. The Bertz CT molecular complexity index is 1020. The first-order valence-electron chi connectivity index (χ1n) is 10.2. The van der Waals surface area contributed by atoms with Gasteiger partial charge in [0.05, 0.1) is 20.7 Å². The van der Waals surface area contributed by atoms with Crippen LogP contribution in [0.1, 0.15) is 26.7 Å². The molecule has 0 bridgehead atoms. The minimum absolute atomic E-state index is 0.0587. The topological polar surface area (TPSA) is 75.7 Å². The average molecular weight is 485 g/mol. The lowest BCUT2D eigenvalue weighted by Crippen LogP contribution is -2.48. The SMILES string of the molecule is CCS(=O)(=O)c1ccc(N2CCC(NC(=O)C(C)Oc3ccc(Cl)c(Cl)c3)CC2)cc1. The minimum Gasteiger partial charge on any atom is -0.481 e. The van der Waals surface area contributed by atoms with Crippen molar-refractivity contribution in [1.29, 1.82) is 0 Å². The van der Waals surface area contributed by atoms with Gasteiger partial charge in [0.15, 0.2) is 15.9 Å². The molecule has 0 aromatic heterocycles. The van der Waals surface area contributed by atoms with Crippen molar-refractivity contribution in [2.75, 3.05) is 23.7 Å². The highest BCUT2D eigenvalue weighted by molar-refractivity contribution is 7.91. The van der Waals surface area contributed by atoms with Crippen LogP contribution in [-0.2, 0) is 14.6 Å². The number of hydrogen-bond donors (Lipinski definition) is 1. The van der Waals surface area contributed by atoms with Crippen molar-refractivity contribution in [3.05, 3.63) is 52.5 Å². The maximum Gasteiger partial charge on any atom is 0.260 e. The second-order valence-corrected chi connectivity index (χ2v) is 10.6. The van der Waals surface area contributed by atoms with Crippen molar-refractivity contribution in [3.8, 4) is 5.75 Å².